The van der Waals surface area contributed by atoms with E-state index in [1.165, 1.54) is 11.8 Å². The number of benzene rings is 3. The van der Waals surface area contributed by atoms with E-state index in [1.807, 2.05) is 60.7 Å². The number of amidine groups is 1. The molecule has 0 aliphatic carbocycles. The maximum Gasteiger partial charge on any atom is 0.242 e. The van der Waals surface area contributed by atoms with E-state index in [-0.39, 0.29) is 25.0 Å². The molecule has 0 saturated carbocycles. The maximum atomic E-state index is 13.2. The van der Waals surface area contributed by atoms with Crippen LogP contribution in [0.15, 0.2) is 65.7 Å². The van der Waals surface area contributed by atoms with Gasteiger partial charge in [0.15, 0.2) is 16.7 Å². The fourth-order valence-corrected chi connectivity index (χ4v) is 4.88. The molecule has 0 aromatic heterocycles. The van der Waals surface area contributed by atoms with Crippen molar-refractivity contribution in [1.29, 1.82) is 0 Å². The van der Waals surface area contributed by atoms with Crippen LogP contribution in [0.1, 0.15) is 12.0 Å². The Kier molecular flexibility index (Phi) is 5.45. The fraction of sp³-hybridized carbons (Fsp3) is 0.208. The van der Waals surface area contributed by atoms with Gasteiger partial charge >= 0.3 is 0 Å². The van der Waals surface area contributed by atoms with Crippen LogP contribution < -0.4 is 14.8 Å². The second-order valence-corrected chi connectivity index (χ2v) is 8.69. The van der Waals surface area contributed by atoms with Gasteiger partial charge in [-0.25, -0.2) is 4.99 Å². The number of thioether (sulfide) groups is 1. The summed E-state index contributed by atoms with van der Waals surface area (Å²) < 4.78 is 10.8. The highest BCUT2D eigenvalue weighted by atomic mass is 32.2. The van der Waals surface area contributed by atoms with E-state index >= 15 is 0 Å². The van der Waals surface area contributed by atoms with E-state index in [0.717, 1.165) is 22.0 Å². The Labute approximate surface area is 189 Å². The molecule has 2 amide bonds. The number of rotatable bonds is 5. The first kappa shape index (κ1) is 20.4. The van der Waals surface area contributed by atoms with E-state index in [1.54, 1.807) is 11.9 Å². The number of amides is 2. The molecule has 1 fully saturated rings. The summed E-state index contributed by atoms with van der Waals surface area (Å²) in [6.07, 6.45) is 0.106. The number of hydrogen-bond acceptors (Lipinski definition) is 6. The summed E-state index contributed by atoms with van der Waals surface area (Å²) in [4.78, 5) is 31.6. The SMILES string of the molecule is CNC(=O)CC1SC(=Nc2ccc3ccccc3c2)N(Cc2ccc3c(c2)OCO3)C1=O. The highest BCUT2D eigenvalue weighted by Crippen LogP contribution is 2.36. The van der Waals surface area contributed by atoms with Gasteiger partial charge in [-0.1, -0.05) is 48.2 Å². The van der Waals surface area contributed by atoms with Crippen LogP contribution in [0, 0.1) is 0 Å². The van der Waals surface area contributed by atoms with Crippen LogP contribution in [0.25, 0.3) is 10.8 Å². The zero-order chi connectivity index (χ0) is 22.1. The number of ether oxygens (including phenoxy) is 2. The molecule has 32 heavy (non-hydrogen) atoms. The lowest BCUT2D eigenvalue weighted by molar-refractivity contribution is -0.129. The van der Waals surface area contributed by atoms with Crippen LogP contribution in [0.5, 0.6) is 11.5 Å². The first-order valence-electron chi connectivity index (χ1n) is 10.3. The first-order chi connectivity index (χ1) is 15.6. The Morgan fingerprint density at radius 3 is 2.75 bits per heavy atom. The molecule has 7 nitrogen and oxygen atoms in total. The summed E-state index contributed by atoms with van der Waals surface area (Å²) in [5.74, 6) is 1.05. The third-order valence-electron chi connectivity index (χ3n) is 5.41. The lowest BCUT2D eigenvalue weighted by Crippen LogP contribution is -2.33. The molecule has 1 atom stereocenters. The predicted molar refractivity (Wildman–Crippen MR) is 124 cm³/mol. The van der Waals surface area contributed by atoms with Crippen molar-refractivity contribution in [3.8, 4) is 11.5 Å². The molecule has 1 saturated heterocycles. The molecule has 0 spiro atoms. The van der Waals surface area contributed by atoms with Crippen LogP contribution >= 0.6 is 11.8 Å². The third-order valence-corrected chi connectivity index (χ3v) is 6.58. The van der Waals surface area contributed by atoms with Gasteiger partial charge in [-0.15, -0.1) is 0 Å². The molecule has 1 N–H and O–H groups in total. The van der Waals surface area contributed by atoms with Gasteiger partial charge in [-0.2, -0.15) is 0 Å². The minimum atomic E-state index is -0.511. The van der Waals surface area contributed by atoms with Crippen molar-refractivity contribution < 1.29 is 19.1 Å². The van der Waals surface area contributed by atoms with Crippen LogP contribution in [0.2, 0.25) is 0 Å². The molecule has 5 rings (SSSR count). The molecule has 162 valence electrons. The average Bonchev–Trinajstić information content (AvgIpc) is 3.39. The molecule has 1 unspecified atom stereocenters. The van der Waals surface area contributed by atoms with E-state index in [9.17, 15) is 9.59 Å². The van der Waals surface area contributed by atoms with Crippen LogP contribution in [-0.2, 0) is 16.1 Å². The van der Waals surface area contributed by atoms with Gasteiger partial charge in [0.05, 0.1) is 12.2 Å². The second-order valence-electron chi connectivity index (χ2n) is 7.52. The summed E-state index contributed by atoms with van der Waals surface area (Å²) in [5.41, 5.74) is 1.66. The van der Waals surface area contributed by atoms with Crippen molar-refractivity contribution in [3.05, 3.63) is 66.2 Å². The van der Waals surface area contributed by atoms with E-state index in [2.05, 4.69) is 5.32 Å². The number of hydrogen-bond donors (Lipinski definition) is 1. The number of carbonyl (C=O) groups is 2. The normalized spacial score (nSPS) is 18.5. The number of nitrogens with one attached hydrogen (secondary N) is 1. The van der Waals surface area contributed by atoms with Crippen molar-refractivity contribution >= 4 is 45.2 Å². The Morgan fingerprint density at radius 2 is 1.91 bits per heavy atom. The fourth-order valence-electron chi connectivity index (χ4n) is 3.72. The summed E-state index contributed by atoms with van der Waals surface area (Å²) in [6.45, 7) is 0.527. The van der Waals surface area contributed by atoms with Crippen LogP contribution in [0.4, 0.5) is 5.69 Å². The number of carbonyl (C=O) groups excluding carboxylic acids is 2. The maximum absolute atomic E-state index is 13.2. The average molecular weight is 448 g/mol. The van der Waals surface area contributed by atoms with E-state index in [0.29, 0.717) is 23.2 Å². The van der Waals surface area contributed by atoms with Gasteiger partial charge in [0, 0.05) is 13.5 Å². The summed E-state index contributed by atoms with van der Waals surface area (Å²) in [5, 5.41) is 4.87. The largest absolute Gasteiger partial charge is 0.454 e. The van der Waals surface area contributed by atoms with Gasteiger partial charge in [0.25, 0.3) is 0 Å². The summed E-state index contributed by atoms with van der Waals surface area (Å²) >= 11 is 1.33. The zero-order valence-electron chi connectivity index (χ0n) is 17.4. The number of aliphatic imine (C=N–C) groups is 1. The van der Waals surface area contributed by atoms with Gasteiger partial charge in [0.2, 0.25) is 18.6 Å². The molecule has 0 bridgehead atoms. The molecule has 3 aromatic rings. The van der Waals surface area contributed by atoms with Crippen molar-refractivity contribution in [1.82, 2.24) is 10.2 Å². The number of fused-ring (bicyclic) bond motifs is 2. The Balaban J connectivity index is 1.47. The van der Waals surface area contributed by atoms with E-state index in [4.69, 9.17) is 14.5 Å². The summed E-state index contributed by atoms with van der Waals surface area (Å²) in [6, 6.07) is 19.6. The second kappa shape index (κ2) is 8.55. The van der Waals surface area contributed by atoms with Crippen LogP contribution in [0.3, 0.4) is 0 Å². The Morgan fingerprint density at radius 1 is 1.09 bits per heavy atom. The Bertz CT molecular complexity index is 1240. The molecule has 3 aromatic carbocycles. The molecule has 2 heterocycles. The van der Waals surface area contributed by atoms with Crippen molar-refractivity contribution in [2.45, 2.75) is 18.2 Å². The monoisotopic (exact) mass is 447 g/mol. The highest BCUT2D eigenvalue weighted by Gasteiger charge is 2.39. The number of nitrogens with zero attached hydrogens (tertiary/aromatic N) is 2. The standard InChI is InChI=1S/C24H21N3O4S/c1-25-22(28)12-21-23(29)27(13-15-6-9-19-20(10-15)31-14-30-19)24(32-21)26-18-8-7-16-4-2-3-5-17(16)11-18/h2-11,21H,12-14H2,1H3,(H,25,28). The summed E-state index contributed by atoms with van der Waals surface area (Å²) in [7, 11) is 1.57. The molecule has 2 aliphatic heterocycles. The highest BCUT2D eigenvalue weighted by molar-refractivity contribution is 8.15. The molecule has 2 aliphatic rings. The van der Waals surface area contributed by atoms with Gasteiger partial charge in [0.1, 0.15) is 5.25 Å². The predicted octanol–water partition coefficient (Wildman–Crippen LogP) is 3.84. The van der Waals surface area contributed by atoms with Gasteiger partial charge in [-0.3, -0.25) is 14.5 Å². The van der Waals surface area contributed by atoms with Gasteiger partial charge < -0.3 is 14.8 Å². The van der Waals surface area contributed by atoms with Crippen molar-refractivity contribution in [2.75, 3.05) is 13.8 Å². The smallest absolute Gasteiger partial charge is 0.242 e. The van der Waals surface area contributed by atoms with Crippen molar-refractivity contribution in [3.63, 3.8) is 0 Å². The minimum absolute atomic E-state index is 0.106. The third kappa shape index (κ3) is 4.01. The zero-order valence-corrected chi connectivity index (χ0v) is 18.2. The Hall–Kier alpha value is -3.52. The van der Waals surface area contributed by atoms with Crippen molar-refractivity contribution in [2.24, 2.45) is 4.99 Å². The lowest BCUT2D eigenvalue weighted by Gasteiger charge is -2.17. The molecule has 8 heteroatoms. The minimum Gasteiger partial charge on any atom is -0.454 e. The molecular weight excluding hydrogens is 426 g/mol. The van der Waals surface area contributed by atoms with Crippen LogP contribution in [-0.4, -0.2) is 41.0 Å². The topological polar surface area (TPSA) is 80.2 Å². The first-order valence-corrected chi connectivity index (χ1v) is 11.1. The van der Waals surface area contributed by atoms with E-state index < -0.39 is 5.25 Å². The lowest BCUT2D eigenvalue weighted by atomic mass is 10.1. The molecule has 0 radical (unpaired) electrons. The quantitative estimate of drug-likeness (QED) is 0.643. The molecular formula is C24H21N3O4S. The van der Waals surface area contributed by atoms with Gasteiger partial charge in [-0.05, 0) is 40.6 Å².